The molecule has 0 aromatic heterocycles. The van der Waals surface area contributed by atoms with Crippen molar-refractivity contribution in [2.24, 2.45) is 0 Å². The third-order valence-electron chi connectivity index (χ3n) is 0.790. The van der Waals surface area contributed by atoms with Crippen LogP contribution in [0, 0.1) is 0 Å². The summed E-state index contributed by atoms with van der Waals surface area (Å²) in [7, 11) is 0. The Hall–Kier alpha value is -0.990. The van der Waals surface area contributed by atoms with Crippen molar-refractivity contribution in [1.29, 1.82) is 0 Å². The molecule has 9 heavy (non-hydrogen) atoms. The van der Waals surface area contributed by atoms with E-state index in [1.165, 1.54) is 6.92 Å². The fraction of sp³-hybridized carbons (Fsp3) is 0.333. The molecule has 0 aliphatic carbocycles. The fourth-order valence-electron chi connectivity index (χ4n) is 0.299. The summed E-state index contributed by atoms with van der Waals surface area (Å²) in [6, 6.07) is 0. The van der Waals surface area contributed by atoms with Gasteiger partial charge in [0.25, 0.3) is 5.78 Å². The highest BCUT2D eigenvalue weighted by atomic mass is 19.1. The maximum Gasteiger partial charge on any atom is 0.256 e. The van der Waals surface area contributed by atoms with E-state index in [1.807, 2.05) is 0 Å². The first-order valence-corrected chi connectivity index (χ1v) is 2.46. The third-order valence-corrected chi connectivity index (χ3v) is 0.790. The van der Waals surface area contributed by atoms with E-state index in [1.54, 1.807) is 0 Å². The molecule has 0 N–H and O–H groups in total. The average Bonchev–Trinajstić information content (AvgIpc) is 1.84. The van der Waals surface area contributed by atoms with Crippen LogP contribution >= 0.6 is 0 Å². The van der Waals surface area contributed by atoms with Crippen LogP contribution in [0.4, 0.5) is 4.39 Å². The first kappa shape index (κ1) is 8.01. The predicted octanol–water partition coefficient (Wildman–Crippen LogP) is 1.02. The SMILES string of the molecule is C/C=C(\F)C(=O)C(C)=O. The maximum atomic E-state index is 12.1. The van der Waals surface area contributed by atoms with Crippen molar-refractivity contribution in [3.63, 3.8) is 0 Å². The molecule has 0 heterocycles. The Kier molecular flexibility index (Phi) is 2.78. The smallest absolute Gasteiger partial charge is 0.256 e. The van der Waals surface area contributed by atoms with Gasteiger partial charge in [-0.25, -0.2) is 4.39 Å². The van der Waals surface area contributed by atoms with Gasteiger partial charge >= 0.3 is 0 Å². The molecule has 2 nitrogen and oxygen atoms in total. The van der Waals surface area contributed by atoms with Crippen LogP contribution in [-0.2, 0) is 9.59 Å². The quantitative estimate of drug-likeness (QED) is 0.413. The Morgan fingerprint density at radius 2 is 1.89 bits per heavy atom. The molecule has 50 valence electrons. The van der Waals surface area contributed by atoms with Crippen LogP contribution in [0.1, 0.15) is 13.8 Å². The molecule has 0 aromatic carbocycles. The Bertz CT molecular complexity index is 170. The van der Waals surface area contributed by atoms with Crippen molar-refractivity contribution in [2.75, 3.05) is 0 Å². The van der Waals surface area contributed by atoms with Gasteiger partial charge in [0.05, 0.1) is 0 Å². The van der Waals surface area contributed by atoms with E-state index in [-0.39, 0.29) is 0 Å². The summed E-state index contributed by atoms with van der Waals surface area (Å²) in [4.78, 5) is 20.4. The van der Waals surface area contributed by atoms with E-state index in [0.717, 1.165) is 13.0 Å². The lowest BCUT2D eigenvalue weighted by Crippen LogP contribution is -2.08. The van der Waals surface area contributed by atoms with E-state index in [2.05, 4.69) is 0 Å². The number of hydrogen-bond acceptors (Lipinski definition) is 2. The van der Waals surface area contributed by atoms with Crippen molar-refractivity contribution < 1.29 is 14.0 Å². The number of allylic oxidation sites excluding steroid dienone is 2. The minimum Gasteiger partial charge on any atom is -0.291 e. The van der Waals surface area contributed by atoms with E-state index in [4.69, 9.17) is 0 Å². The number of carbonyl (C=O) groups is 2. The standard InChI is InChI=1S/C6H7FO2/c1-3-5(7)6(9)4(2)8/h3H,1-2H3/b5-3-. The molecule has 0 radical (unpaired) electrons. The Balaban J connectivity index is 4.23. The highest BCUT2D eigenvalue weighted by Crippen LogP contribution is 1.97. The summed E-state index contributed by atoms with van der Waals surface area (Å²) in [5.74, 6) is -2.81. The van der Waals surface area contributed by atoms with E-state index < -0.39 is 17.4 Å². The molecule has 0 spiro atoms. The molecule has 3 heteroatoms. The second kappa shape index (κ2) is 3.12. The van der Waals surface area contributed by atoms with Gasteiger partial charge in [-0.1, -0.05) is 0 Å². The second-order valence-corrected chi connectivity index (χ2v) is 1.52. The van der Waals surface area contributed by atoms with Crippen molar-refractivity contribution >= 4 is 11.6 Å². The molecule has 0 bridgehead atoms. The van der Waals surface area contributed by atoms with Gasteiger partial charge in [0.1, 0.15) is 0 Å². The summed E-state index contributed by atoms with van der Waals surface area (Å²) in [6.07, 6.45) is 0.962. The molecule has 0 rings (SSSR count). The zero-order valence-electron chi connectivity index (χ0n) is 5.27. The lowest BCUT2D eigenvalue weighted by atomic mass is 10.2. The minimum atomic E-state index is -1.06. The summed E-state index contributed by atoms with van der Waals surface area (Å²) in [5.41, 5.74) is 0. The lowest BCUT2D eigenvalue weighted by molar-refractivity contribution is -0.133. The predicted molar refractivity (Wildman–Crippen MR) is 30.6 cm³/mol. The molecule has 0 atom stereocenters. The molecular formula is C6H7FO2. The minimum absolute atomic E-state index is 0.773. The molecule has 0 unspecified atom stereocenters. The molecule has 0 fully saturated rings. The fourth-order valence-corrected chi connectivity index (χ4v) is 0.299. The van der Waals surface area contributed by atoms with Crippen molar-refractivity contribution in [2.45, 2.75) is 13.8 Å². The van der Waals surface area contributed by atoms with Crippen LogP contribution in [0.3, 0.4) is 0 Å². The van der Waals surface area contributed by atoms with Crippen LogP contribution in [0.5, 0.6) is 0 Å². The number of carbonyl (C=O) groups excluding carboxylic acids is 2. The second-order valence-electron chi connectivity index (χ2n) is 1.52. The summed E-state index contributed by atoms with van der Waals surface area (Å²) >= 11 is 0. The Morgan fingerprint density at radius 3 is 2.00 bits per heavy atom. The van der Waals surface area contributed by atoms with Crippen LogP contribution in [0.15, 0.2) is 11.9 Å². The van der Waals surface area contributed by atoms with Crippen LogP contribution in [0.25, 0.3) is 0 Å². The molecular weight excluding hydrogens is 123 g/mol. The van der Waals surface area contributed by atoms with E-state index in [0.29, 0.717) is 0 Å². The van der Waals surface area contributed by atoms with Crippen LogP contribution < -0.4 is 0 Å². The summed E-state index contributed by atoms with van der Waals surface area (Å²) in [6.45, 7) is 2.39. The number of rotatable bonds is 2. The lowest BCUT2D eigenvalue weighted by Gasteiger charge is -1.86. The van der Waals surface area contributed by atoms with Gasteiger partial charge in [-0.15, -0.1) is 0 Å². The molecule has 0 saturated heterocycles. The Labute approximate surface area is 52.4 Å². The van der Waals surface area contributed by atoms with E-state index in [9.17, 15) is 14.0 Å². The molecule has 0 aliphatic heterocycles. The first-order valence-electron chi connectivity index (χ1n) is 2.46. The van der Waals surface area contributed by atoms with Gasteiger partial charge in [0.15, 0.2) is 5.83 Å². The maximum absolute atomic E-state index is 12.1. The number of Topliss-reactive ketones (excluding diaryl/α,β-unsaturated/α-hetero) is 2. The highest BCUT2D eigenvalue weighted by molar-refractivity contribution is 6.41. The van der Waals surface area contributed by atoms with Gasteiger partial charge in [-0.3, -0.25) is 9.59 Å². The van der Waals surface area contributed by atoms with Crippen molar-refractivity contribution in [3.8, 4) is 0 Å². The van der Waals surface area contributed by atoms with Gasteiger partial charge in [0, 0.05) is 6.92 Å². The topological polar surface area (TPSA) is 34.1 Å². The van der Waals surface area contributed by atoms with E-state index >= 15 is 0 Å². The van der Waals surface area contributed by atoms with Gasteiger partial charge in [0.2, 0.25) is 5.78 Å². The van der Waals surface area contributed by atoms with Gasteiger partial charge in [-0.05, 0) is 13.0 Å². The van der Waals surface area contributed by atoms with Crippen LogP contribution in [-0.4, -0.2) is 11.6 Å². The zero-order valence-corrected chi connectivity index (χ0v) is 5.27. The summed E-state index contributed by atoms with van der Waals surface area (Å²) < 4.78 is 12.1. The van der Waals surface area contributed by atoms with Crippen LogP contribution in [0.2, 0.25) is 0 Å². The molecule has 0 amide bonds. The van der Waals surface area contributed by atoms with Gasteiger partial charge < -0.3 is 0 Å². The number of halogens is 1. The average molecular weight is 130 g/mol. The number of ketones is 2. The third kappa shape index (κ3) is 2.17. The largest absolute Gasteiger partial charge is 0.291 e. The zero-order chi connectivity index (χ0) is 7.44. The summed E-state index contributed by atoms with van der Waals surface area (Å²) in [5, 5.41) is 0. The molecule has 0 saturated carbocycles. The normalized spacial score (nSPS) is 11.2. The number of hydrogen-bond donors (Lipinski definition) is 0. The molecule has 0 aliphatic rings. The Morgan fingerprint density at radius 1 is 1.44 bits per heavy atom. The monoisotopic (exact) mass is 130 g/mol. The highest BCUT2D eigenvalue weighted by Gasteiger charge is 2.11. The van der Waals surface area contributed by atoms with Crippen molar-refractivity contribution in [1.82, 2.24) is 0 Å². The first-order chi connectivity index (χ1) is 4.09. The molecule has 0 aromatic rings. The van der Waals surface area contributed by atoms with Crippen molar-refractivity contribution in [3.05, 3.63) is 11.9 Å². The van der Waals surface area contributed by atoms with Gasteiger partial charge in [-0.2, -0.15) is 0 Å².